The van der Waals surface area contributed by atoms with Crippen LogP contribution in [0.5, 0.6) is 0 Å². The molecule has 0 saturated carbocycles. The highest BCUT2D eigenvalue weighted by atomic mass is 32.2. The van der Waals surface area contributed by atoms with Crippen molar-refractivity contribution >= 4 is 72.2 Å². The fraction of sp³-hybridized carbons (Fsp3) is 0.500. The molecule has 5 N–H and O–H groups in total. The summed E-state index contributed by atoms with van der Waals surface area (Å²) in [5, 5.41) is 13.8. The lowest BCUT2D eigenvalue weighted by Gasteiger charge is -2.28. The number of sulfone groups is 2. The van der Waals surface area contributed by atoms with Gasteiger partial charge in [-0.3, -0.25) is 23.7 Å². The summed E-state index contributed by atoms with van der Waals surface area (Å²) in [6.45, 7) is 16.0. The Bertz CT molecular complexity index is 2450. The lowest BCUT2D eigenvalue weighted by Crippen LogP contribution is -2.53. The SMILES string of the molecule is CC(C)[C@H](NC(=O)[C@H](Cc1cccc2ccccc12)CS(=O)(=O)C(C)(C)C)C(=O)NCP(=O)(O)CNC(=O)[C@@H](NC(=O)[C@H](Cc1cccc2ccccc12)CS(=O)(=O)C(C)(C)C)C(C)C. The van der Waals surface area contributed by atoms with Crippen molar-refractivity contribution in [3.63, 3.8) is 0 Å². The Labute approximate surface area is 384 Å². The van der Waals surface area contributed by atoms with E-state index < -0.39 is 120 Å². The molecular formula is C48H67N4O10PS2. The van der Waals surface area contributed by atoms with Crippen molar-refractivity contribution in [3.8, 4) is 0 Å². The van der Waals surface area contributed by atoms with Gasteiger partial charge in [0.15, 0.2) is 19.7 Å². The van der Waals surface area contributed by atoms with E-state index in [1.54, 1.807) is 69.2 Å². The molecule has 0 aliphatic carbocycles. The molecule has 4 amide bonds. The summed E-state index contributed by atoms with van der Waals surface area (Å²) in [4.78, 5) is 66.1. The highest BCUT2D eigenvalue weighted by Gasteiger charge is 2.38. The van der Waals surface area contributed by atoms with E-state index in [2.05, 4.69) is 21.3 Å². The number of hydrogen-bond donors (Lipinski definition) is 5. The Morgan fingerprint density at radius 3 is 1.18 bits per heavy atom. The Morgan fingerprint density at radius 1 is 0.538 bits per heavy atom. The van der Waals surface area contributed by atoms with Crippen LogP contribution in [-0.4, -0.2) is 91.0 Å². The summed E-state index contributed by atoms with van der Waals surface area (Å²) in [6, 6.07) is 23.8. The van der Waals surface area contributed by atoms with Crippen molar-refractivity contribution in [1.82, 2.24) is 21.3 Å². The number of amides is 4. The summed E-state index contributed by atoms with van der Waals surface area (Å²) in [7, 11) is -11.9. The molecule has 65 heavy (non-hydrogen) atoms. The number of hydrogen-bond acceptors (Lipinski definition) is 9. The van der Waals surface area contributed by atoms with Gasteiger partial charge in [-0.1, -0.05) is 113 Å². The van der Waals surface area contributed by atoms with Crippen molar-refractivity contribution in [2.24, 2.45) is 23.7 Å². The first-order chi connectivity index (χ1) is 30.0. The first-order valence-corrected chi connectivity index (χ1v) is 27.2. The van der Waals surface area contributed by atoms with Crippen molar-refractivity contribution < 1.29 is 45.5 Å². The first kappa shape index (κ1) is 53.0. The number of nitrogens with one attached hydrogen (secondary N) is 4. The smallest absolute Gasteiger partial charge is 0.243 e. The van der Waals surface area contributed by atoms with E-state index in [0.717, 1.165) is 32.7 Å². The molecule has 0 aliphatic rings. The molecule has 4 aromatic carbocycles. The van der Waals surface area contributed by atoms with Crippen LogP contribution in [0.25, 0.3) is 21.5 Å². The van der Waals surface area contributed by atoms with Gasteiger partial charge >= 0.3 is 0 Å². The van der Waals surface area contributed by atoms with Gasteiger partial charge in [0, 0.05) is 0 Å². The Morgan fingerprint density at radius 2 is 0.862 bits per heavy atom. The van der Waals surface area contributed by atoms with E-state index in [1.807, 2.05) is 84.9 Å². The summed E-state index contributed by atoms with van der Waals surface area (Å²) in [5.41, 5.74) is 1.52. The molecule has 0 saturated heterocycles. The van der Waals surface area contributed by atoms with Gasteiger partial charge in [-0.2, -0.15) is 0 Å². The second kappa shape index (κ2) is 21.3. The van der Waals surface area contributed by atoms with Crippen LogP contribution >= 0.6 is 7.37 Å². The van der Waals surface area contributed by atoms with Gasteiger partial charge in [0.1, 0.15) is 12.1 Å². The van der Waals surface area contributed by atoms with E-state index in [9.17, 15) is 45.5 Å². The molecule has 14 nitrogen and oxygen atoms in total. The van der Waals surface area contributed by atoms with Crippen LogP contribution in [0.4, 0.5) is 0 Å². The largest absolute Gasteiger partial charge is 0.345 e. The van der Waals surface area contributed by atoms with Gasteiger partial charge in [-0.15, -0.1) is 0 Å². The van der Waals surface area contributed by atoms with Gasteiger partial charge in [-0.05, 0) is 98.9 Å². The van der Waals surface area contributed by atoms with Crippen LogP contribution in [0.2, 0.25) is 0 Å². The Hall–Kier alpha value is -4.63. The molecule has 0 fully saturated rings. The van der Waals surface area contributed by atoms with E-state index >= 15 is 0 Å². The van der Waals surface area contributed by atoms with E-state index in [0.29, 0.717) is 0 Å². The van der Waals surface area contributed by atoms with Crippen LogP contribution < -0.4 is 21.3 Å². The average Bonchev–Trinajstić information content (AvgIpc) is 3.21. The number of carbonyl (C=O) groups is 4. The van der Waals surface area contributed by atoms with E-state index in [-0.39, 0.29) is 12.8 Å². The minimum absolute atomic E-state index is 0.0686. The standard InChI is InChI=1S/C48H67N4O10PS2/c1-31(2)41(51-43(53)37(27-64(59,60)47(5,6)7)25-35-21-15-19-33-17-11-13-23-39(33)35)45(55)49-29-63(57,58)30-50-46(56)42(32(3)4)52-44(54)38(28-65(61,62)48(8,9)10)26-36-22-16-20-34-18-12-14-24-40(34)36/h11-24,31-32,37-38,41-42H,25-30H2,1-10H3,(H,49,55)(H,50,56)(H,51,53)(H,52,54)(H,57,58)/t37-,38-,41+,42+/m1/s1. The third-order valence-electron chi connectivity index (χ3n) is 11.6. The molecule has 0 spiro atoms. The lowest BCUT2D eigenvalue weighted by atomic mass is 9.94. The third kappa shape index (κ3) is 14.2. The molecule has 4 atom stereocenters. The predicted molar refractivity (Wildman–Crippen MR) is 259 cm³/mol. The summed E-state index contributed by atoms with van der Waals surface area (Å²) >= 11 is 0. The molecule has 0 aromatic heterocycles. The van der Waals surface area contributed by atoms with Gasteiger partial charge in [-0.25, -0.2) is 16.8 Å². The number of carbonyl (C=O) groups excluding carboxylic acids is 4. The average molecular weight is 955 g/mol. The Kier molecular flexibility index (Phi) is 17.4. The molecule has 4 rings (SSSR count). The van der Waals surface area contributed by atoms with Gasteiger partial charge in [0.05, 0.1) is 45.4 Å². The van der Waals surface area contributed by atoms with E-state index in [1.165, 1.54) is 0 Å². The highest BCUT2D eigenvalue weighted by molar-refractivity contribution is 7.93. The molecule has 0 heterocycles. The van der Waals surface area contributed by atoms with Gasteiger partial charge < -0.3 is 26.2 Å². The van der Waals surface area contributed by atoms with Crippen molar-refractivity contribution in [1.29, 1.82) is 0 Å². The highest BCUT2D eigenvalue weighted by Crippen LogP contribution is 2.37. The summed E-state index contributed by atoms with van der Waals surface area (Å²) in [6.07, 6.45) is -1.42. The summed E-state index contributed by atoms with van der Waals surface area (Å²) in [5.74, 6) is -7.08. The van der Waals surface area contributed by atoms with Gasteiger partial charge in [0.2, 0.25) is 31.0 Å². The molecule has 0 bridgehead atoms. The maximum absolute atomic E-state index is 14.0. The zero-order chi connectivity index (χ0) is 48.7. The second-order valence-corrected chi connectivity index (χ2v) is 27.5. The van der Waals surface area contributed by atoms with Crippen LogP contribution in [0.3, 0.4) is 0 Å². The lowest BCUT2D eigenvalue weighted by molar-refractivity contribution is -0.131. The molecule has 356 valence electrons. The van der Waals surface area contributed by atoms with Crippen LogP contribution in [0.1, 0.15) is 80.4 Å². The van der Waals surface area contributed by atoms with Crippen LogP contribution in [0, 0.1) is 23.7 Å². The van der Waals surface area contributed by atoms with Crippen LogP contribution in [-0.2, 0) is 56.3 Å². The molecule has 0 radical (unpaired) electrons. The maximum atomic E-state index is 14.0. The zero-order valence-corrected chi connectivity index (χ0v) is 41.7. The third-order valence-corrected chi connectivity index (χ3v) is 18.4. The molecule has 4 aromatic rings. The fourth-order valence-electron chi connectivity index (χ4n) is 7.25. The number of fused-ring (bicyclic) bond motifs is 2. The second-order valence-electron chi connectivity index (χ2n) is 19.6. The fourth-order valence-corrected chi connectivity index (χ4v) is 10.8. The molecule has 17 heteroatoms. The van der Waals surface area contributed by atoms with Crippen molar-refractivity contribution in [2.75, 3.05) is 24.1 Å². The first-order valence-electron chi connectivity index (χ1n) is 21.9. The zero-order valence-electron chi connectivity index (χ0n) is 39.2. The number of benzene rings is 4. The molecule has 0 aliphatic heterocycles. The summed E-state index contributed by atoms with van der Waals surface area (Å²) < 4.78 is 64.9. The Balaban J connectivity index is 1.45. The predicted octanol–water partition coefficient (Wildman–Crippen LogP) is 6.14. The normalized spacial score (nSPS) is 14.7. The van der Waals surface area contributed by atoms with Gasteiger partial charge in [0.25, 0.3) is 0 Å². The minimum Gasteiger partial charge on any atom is -0.345 e. The maximum Gasteiger partial charge on any atom is 0.243 e. The van der Waals surface area contributed by atoms with Crippen molar-refractivity contribution in [3.05, 3.63) is 96.1 Å². The quantitative estimate of drug-likeness (QED) is 0.0637. The van der Waals surface area contributed by atoms with Crippen molar-refractivity contribution in [2.45, 2.75) is 104 Å². The number of rotatable bonds is 20. The molecular weight excluding hydrogens is 888 g/mol. The topological polar surface area (TPSA) is 222 Å². The monoisotopic (exact) mass is 954 g/mol. The minimum atomic E-state index is -4.33. The van der Waals surface area contributed by atoms with Crippen LogP contribution in [0.15, 0.2) is 84.9 Å². The van der Waals surface area contributed by atoms with E-state index in [4.69, 9.17) is 0 Å². The molecule has 0 unspecified atom stereocenters.